The van der Waals surface area contributed by atoms with Crippen LogP contribution < -0.4 is 15.6 Å². The van der Waals surface area contributed by atoms with Crippen LogP contribution in [0.3, 0.4) is 0 Å². The highest BCUT2D eigenvalue weighted by Gasteiger charge is 2.36. The largest absolute Gasteiger partial charge is 0.497 e. The zero-order valence-corrected chi connectivity index (χ0v) is 16.7. The predicted molar refractivity (Wildman–Crippen MR) is 109 cm³/mol. The van der Waals surface area contributed by atoms with Gasteiger partial charge in [-0.3, -0.25) is 9.59 Å². The van der Waals surface area contributed by atoms with E-state index in [1.807, 2.05) is 31.3 Å². The van der Waals surface area contributed by atoms with Crippen molar-refractivity contribution in [3.63, 3.8) is 0 Å². The van der Waals surface area contributed by atoms with Crippen LogP contribution in [0.4, 0.5) is 0 Å². The molecule has 2 aliphatic carbocycles. The van der Waals surface area contributed by atoms with Crippen molar-refractivity contribution in [1.82, 2.24) is 9.88 Å². The first-order valence-electron chi connectivity index (χ1n) is 10.2. The van der Waals surface area contributed by atoms with Crippen molar-refractivity contribution in [3.8, 4) is 5.75 Å². The number of ether oxygens (including phenoxy) is 1. The maximum absolute atomic E-state index is 13.0. The maximum Gasteiger partial charge on any atom is 0.263 e. The number of pyridine rings is 1. The van der Waals surface area contributed by atoms with E-state index in [2.05, 4.69) is 17.4 Å². The van der Waals surface area contributed by atoms with Gasteiger partial charge in [-0.25, -0.2) is 0 Å². The molecular weight excluding hydrogens is 352 g/mol. The van der Waals surface area contributed by atoms with Gasteiger partial charge in [0.25, 0.3) is 11.5 Å². The van der Waals surface area contributed by atoms with Gasteiger partial charge in [0, 0.05) is 24.2 Å². The molecule has 1 N–H and O–H groups in total. The predicted octanol–water partition coefficient (Wildman–Crippen LogP) is 3.74. The van der Waals surface area contributed by atoms with Crippen LogP contribution in [0.1, 0.15) is 66.1 Å². The minimum Gasteiger partial charge on any atom is -0.497 e. The zero-order chi connectivity index (χ0) is 19.7. The smallest absolute Gasteiger partial charge is 0.263 e. The number of hydrogen-bond donors (Lipinski definition) is 1. The van der Waals surface area contributed by atoms with E-state index in [0.29, 0.717) is 6.54 Å². The van der Waals surface area contributed by atoms with E-state index < -0.39 is 0 Å². The molecule has 2 fully saturated rings. The minimum absolute atomic E-state index is 0.0693. The van der Waals surface area contributed by atoms with Gasteiger partial charge in [-0.2, -0.15) is 0 Å². The van der Waals surface area contributed by atoms with Crippen LogP contribution in [0.15, 0.2) is 41.3 Å². The first kappa shape index (κ1) is 18.8. The second kappa shape index (κ2) is 7.46. The summed E-state index contributed by atoms with van der Waals surface area (Å²) in [6.45, 7) is 2.39. The average Bonchev–Trinajstić information content (AvgIpc) is 3.43. The van der Waals surface area contributed by atoms with Gasteiger partial charge >= 0.3 is 0 Å². The Labute approximate surface area is 165 Å². The third-order valence-corrected chi connectivity index (χ3v) is 6.35. The Hall–Kier alpha value is -2.56. The average molecular weight is 380 g/mol. The Kier molecular flexibility index (Phi) is 5.00. The molecule has 0 unspecified atom stereocenters. The molecule has 1 aromatic heterocycles. The maximum atomic E-state index is 13.0. The molecule has 0 saturated heterocycles. The zero-order valence-electron chi connectivity index (χ0n) is 16.7. The molecule has 1 heterocycles. The van der Waals surface area contributed by atoms with Crippen LogP contribution in [0.5, 0.6) is 5.75 Å². The molecule has 0 aliphatic heterocycles. The lowest BCUT2D eigenvalue weighted by Crippen LogP contribution is -2.41. The summed E-state index contributed by atoms with van der Waals surface area (Å²) < 4.78 is 6.99. The summed E-state index contributed by atoms with van der Waals surface area (Å²) in [5.74, 6) is 0.582. The molecule has 148 valence electrons. The highest BCUT2D eigenvalue weighted by atomic mass is 16.5. The fraction of sp³-hybridized carbons (Fsp3) is 0.478. The van der Waals surface area contributed by atoms with Gasteiger partial charge < -0.3 is 14.6 Å². The molecule has 1 amide bonds. The number of methoxy groups -OCH3 is 1. The van der Waals surface area contributed by atoms with Crippen LogP contribution in [0.2, 0.25) is 0 Å². The molecule has 5 heteroatoms. The lowest BCUT2D eigenvalue weighted by molar-refractivity contribution is 0.0940. The molecule has 0 atom stereocenters. The minimum atomic E-state index is -0.253. The fourth-order valence-corrected chi connectivity index (χ4v) is 4.46. The standard InChI is InChI=1S/C23H28N2O3/c1-16-11-14-25(18-7-8-18)22(27)20(16)21(26)24-15-23(12-3-4-13-23)17-5-9-19(28-2)10-6-17/h5-6,9-11,14,18H,3-4,7-8,12-13,15H2,1-2H3,(H,24,26). The number of amides is 1. The first-order chi connectivity index (χ1) is 13.5. The van der Waals surface area contributed by atoms with Crippen LogP contribution in [-0.4, -0.2) is 24.1 Å². The summed E-state index contributed by atoms with van der Waals surface area (Å²) in [6.07, 6.45) is 8.25. The van der Waals surface area contributed by atoms with Gasteiger partial charge in [0.15, 0.2) is 0 Å². The molecule has 0 spiro atoms. The van der Waals surface area contributed by atoms with E-state index in [4.69, 9.17) is 4.74 Å². The molecule has 0 bridgehead atoms. The summed E-state index contributed by atoms with van der Waals surface area (Å²) in [4.78, 5) is 25.8. The first-order valence-corrected chi connectivity index (χ1v) is 10.2. The molecule has 4 rings (SSSR count). The van der Waals surface area contributed by atoms with Crippen molar-refractivity contribution in [2.75, 3.05) is 13.7 Å². The Bertz CT molecular complexity index is 920. The van der Waals surface area contributed by atoms with E-state index >= 15 is 0 Å². The van der Waals surface area contributed by atoms with Crippen molar-refractivity contribution < 1.29 is 9.53 Å². The number of nitrogens with zero attached hydrogens (tertiary/aromatic N) is 1. The lowest BCUT2D eigenvalue weighted by Gasteiger charge is -2.30. The van der Waals surface area contributed by atoms with E-state index in [0.717, 1.165) is 49.8 Å². The molecule has 2 saturated carbocycles. The monoisotopic (exact) mass is 380 g/mol. The van der Waals surface area contributed by atoms with E-state index in [1.165, 1.54) is 5.56 Å². The van der Waals surface area contributed by atoms with Crippen molar-refractivity contribution >= 4 is 5.91 Å². The molecular formula is C23H28N2O3. The quantitative estimate of drug-likeness (QED) is 0.830. The van der Waals surface area contributed by atoms with Gasteiger partial charge in [0.1, 0.15) is 11.3 Å². The highest BCUT2D eigenvalue weighted by Crippen LogP contribution is 2.41. The summed E-state index contributed by atoms with van der Waals surface area (Å²) >= 11 is 0. The lowest BCUT2D eigenvalue weighted by atomic mass is 9.78. The van der Waals surface area contributed by atoms with Crippen LogP contribution in [0.25, 0.3) is 0 Å². The number of carbonyl (C=O) groups excluding carboxylic acids is 1. The number of aromatic nitrogens is 1. The van der Waals surface area contributed by atoms with Crippen molar-refractivity contribution in [2.45, 2.75) is 56.9 Å². The molecule has 1 aromatic carbocycles. The van der Waals surface area contributed by atoms with Gasteiger partial charge in [0.2, 0.25) is 0 Å². The second-order valence-electron chi connectivity index (χ2n) is 8.22. The third kappa shape index (κ3) is 3.46. The van der Waals surface area contributed by atoms with Gasteiger partial charge in [0.05, 0.1) is 7.11 Å². The van der Waals surface area contributed by atoms with Crippen molar-refractivity contribution in [2.24, 2.45) is 0 Å². The van der Waals surface area contributed by atoms with Crippen LogP contribution in [0, 0.1) is 6.92 Å². The van der Waals surface area contributed by atoms with Crippen molar-refractivity contribution in [1.29, 1.82) is 0 Å². The van der Waals surface area contributed by atoms with Gasteiger partial charge in [-0.1, -0.05) is 25.0 Å². The molecule has 2 aliphatic rings. The number of nitrogens with one attached hydrogen (secondary N) is 1. The van der Waals surface area contributed by atoms with Crippen LogP contribution in [-0.2, 0) is 5.41 Å². The van der Waals surface area contributed by atoms with E-state index in [-0.39, 0.29) is 28.5 Å². The number of hydrogen-bond acceptors (Lipinski definition) is 3. The summed E-state index contributed by atoms with van der Waals surface area (Å²) in [6, 6.07) is 10.3. The topological polar surface area (TPSA) is 60.3 Å². The number of benzene rings is 1. The van der Waals surface area contributed by atoms with Gasteiger partial charge in [-0.15, -0.1) is 0 Å². The SMILES string of the molecule is COc1ccc(C2(CNC(=O)c3c(C)ccn(C4CC4)c3=O)CCCC2)cc1. The normalized spacial score (nSPS) is 18.1. The highest BCUT2D eigenvalue weighted by molar-refractivity contribution is 5.95. The van der Waals surface area contributed by atoms with Gasteiger partial charge in [-0.05, 0) is 61.9 Å². The Balaban J connectivity index is 1.56. The molecule has 28 heavy (non-hydrogen) atoms. The molecule has 5 nitrogen and oxygen atoms in total. The molecule has 0 radical (unpaired) electrons. The van der Waals surface area contributed by atoms with E-state index in [9.17, 15) is 9.59 Å². The molecule has 2 aromatic rings. The summed E-state index contributed by atoms with van der Waals surface area (Å²) in [5, 5.41) is 3.09. The summed E-state index contributed by atoms with van der Waals surface area (Å²) in [5.41, 5.74) is 2.03. The van der Waals surface area contributed by atoms with E-state index in [1.54, 1.807) is 11.7 Å². The fourth-order valence-electron chi connectivity index (χ4n) is 4.46. The van der Waals surface area contributed by atoms with Crippen molar-refractivity contribution in [3.05, 3.63) is 63.6 Å². The number of carbonyl (C=O) groups is 1. The number of aryl methyl sites for hydroxylation is 1. The number of rotatable bonds is 6. The second-order valence-corrected chi connectivity index (χ2v) is 8.22. The van der Waals surface area contributed by atoms with Crippen LogP contribution >= 0.6 is 0 Å². The summed E-state index contributed by atoms with van der Waals surface area (Å²) in [7, 11) is 1.66. The third-order valence-electron chi connectivity index (χ3n) is 6.35. The Morgan fingerprint density at radius 2 is 1.86 bits per heavy atom. The Morgan fingerprint density at radius 3 is 2.46 bits per heavy atom. The Morgan fingerprint density at radius 1 is 1.18 bits per heavy atom.